The minimum atomic E-state index is 0.0571. The maximum absolute atomic E-state index is 12.3. The number of nitrogens with zero attached hydrogens (tertiary/aromatic N) is 3. The van der Waals surface area contributed by atoms with Crippen LogP contribution in [0.3, 0.4) is 0 Å². The fraction of sp³-hybridized carbons (Fsp3) is 0.526. The van der Waals surface area contributed by atoms with E-state index in [4.69, 9.17) is 4.98 Å². The molecular formula is C19H26N4O. The Labute approximate surface area is 143 Å². The van der Waals surface area contributed by atoms with E-state index >= 15 is 0 Å². The zero-order valence-electron chi connectivity index (χ0n) is 15.0. The lowest BCUT2D eigenvalue weighted by molar-refractivity contribution is -0.121. The summed E-state index contributed by atoms with van der Waals surface area (Å²) < 4.78 is 2.20. The Morgan fingerprint density at radius 2 is 2.17 bits per heavy atom. The molecule has 3 rings (SSSR count). The van der Waals surface area contributed by atoms with Gasteiger partial charge in [0.15, 0.2) is 0 Å². The predicted molar refractivity (Wildman–Crippen MR) is 93.9 cm³/mol. The van der Waals surface area contributed by atoms with Crippen molar-refractivity contribution in [2.75, 3.05) is 0 Å². The van der Waals surface area contributed by atoms with E-state index in [9.17, 15) is 4.79 Å². The average Bonchev–Trinajstić information content (AvgIpc) is 2.93. The molecule has 0 radical (unpaired) electrons. The van der Waals surface area contributed by atoms with Crippen molar-refractivity contribution in [1.82, 2.24) is 19.9 Å². The second-order valence-electron chi connectivity index (χ2n) is 7.73. The molecular weight excluding hydrogens is 300 g/mol. The van der Waals surface area contributed by atoms with Gasteiger partial charge in [0, 0.05) is 42.5 Å². The third kappa shape index (κ3) is 3.83. The summed E-state index contributed by atoms with van der Waals surface area (Å²) in [7, 11) is 0. The molecule has 2 aromatic rings. The van der Waals surface area contributed by atoms with Crippen molar-refractivity contribution in [3.8, 4) is 0 Å². The highest BCUT2D eigenvalue weighted by Gasteiger charge is 2.25. The van der Waals surface area contributed by atoms with Crippen LogP contribution in [0.25, 0.3) is 0 Å². The highest BCUT2D eigenvalue weighted by atomic mass is 16.1. The molecule has 128 valence electrons. The average molecular weight is 326 g/mol. The minimum absolute atomic E-state index is 0.0571. The van der Waals surface area contributed by atoms with Gasteiger partial charge in [0.05, 0.1) is 12.1 Å². The molecule has 1 aliphatic heterocycles. The molecule has 24 heavy (non-hydrogen) atoms. The van der Waals surface area contributed by atoms with E-state index in [0.717, 1.165) is 42.2 Å². The predicted octanol–water partition coefficient (Wildman–Crippen LogP) is 2.56. The number of rotatable bonds is 3. The summed E-state index contributed by atoms with van der Waals surface area (Å²) in [6, 6.07) is 4.08. The smallest absolute Gasteiger partial charge is 0.224 e. The maximum atomic E-state index is 12.3. The molecule has 0 fully saturated rings. The quantitative estimate of drug-likeness (QED) is 0.943. The molecule has 0 saturated heterocycles. The topological polar surface area (TPSA) is 59.8 Å². The summed E-state index contributed by atoms with van der Waals surface area (Å²) in [5, 5.41) is 3.16. The molecule has 1 amide bonds. The van der Waals surface area contributed by atoms with Crippen molar-refractivity contribution in [1.29, 1.82) is 0 Å². The van der Waals surface area contributed by atoms with Crippen LogP contribution >= 0.6 is 0 Å². The monoisotopic (exact) mass is 326 g/mol. The van der Waals surface area contributed by atoms with Gasteiger partial charge in [-0.05, 0) is 25.0 Å². The van der Waals surface area contributed by atoms with Crippen LogP contribution in [0.15, 0.2) is 24.5 Å². The summed E-state index contributed by atoms with van der Waals surface area (Å²) in [4.78, 5) is 21.3. The van der Waals surface area contributed by atoms with Crippen LogP contribution in [0.5, 0.6) is 0 Å². The van der Waals surface area contributed by atoms with Gasteiger partial charge in [-0.25, -0.2) is 4.98 Å². The number of nitrogens with one attached hydrogen (secondary N) is 1. The minimum Gasteiger partial charge on any atom is -0.351 e. The zero-order chi connectivity index (χ0) is 17.3. The number of aromatic nitrogens is 3. The van der Waals surface area contributed by atoms with Gasteiger partial charge in [-0.15, -0.1) is 0 Å². The molecule has 1 aliphatic rings. The van der Waals surface area contributed by atoms with Gasteiger partial charge in [-0.2, -0.15) is 0 Å². The van der Waals surface area contributed by atoms with E-state index in [1.54, 1.807) is 6.20 Å². The number of aryl methyl sites for hydroxylation is 2. The first-order valence-electron chi connectivity index (χ1n) is 8.59. The van der Waals surface area contributed by atoms with E-state index in [-0.39, 0.29) is 17.4 Å². The molecule has 5 nitrogen and oxygen atoms in total. The lowest BCUT2D eigenvalue weighted by Crippen LogP contribution is -2.41. The van der Waals surface area contributed by atoms with Crippen molar-refractivity contribution in [2.45, 2.75) is 65.0 Å². The molecule has 0 unspecified atom stereocenters. The Morgan fingerprint density at radius 1 is 1.38 bits per heavy atom. The van der Waals surface area contributed by atoms with Crippen molar-refractivity contribution in [3.05, 3.63) is 47.3 Å². The first kappa shape index (κ1) is 16.7. The van der Waals surface area contributed by atoms with Crippen LogP contribution < -0.4 is 5.32 Å². The third-order valence-electron chi connectivity index (χ3n) is 4.46. The van der Waals surface area contributed by atoms with Crippen LogP contribution in [-0.2, 0) is 29.6 Å². The molecule has 2 aromatic heterocycles. The standard InChI is InChI=1S/C19H26N4O/c1-13-5-6-14(10-20-13)9-18(24)21-15-7-8-17-22-16(19(2,3)4)12-23(17)11-15/h5-6,10,12,15H,7-9,11H2,1-4H3,(H,21,24)/t15-/m1/s1. The third-order valence-corrected chi connectivity index (χ3v) is 4.46. The highest BCUT2D eigenvalue weighted by Crippen LogP contribution is 2.24. The lowest BCUT2D eigenvalue weighted by atomic mass is 9.93. The Bertz CT molecular complexity index is 725. The van der Waals surface area contributed by atoms with Crippen molar-refractivity contribution in [3.63, 3.8) is 0 Å². The van der Waals surface area contributed by atoms with E-state index in [1.807, 2.05) is 19.1 Å². The summed E-state index contributed by atoms with van der Waals surface area (Å²) in [5.74, 6) is 1.19. The SMILES string of the molecule is Cc1ccc(CC(=O)N[C@@H]2CCc3nc(C(C)(C)C)cn3C2)cn1. The van der Waals surface area contributed by atoms with Gasteiger partial charge in [0.2, 0.25) is 5.91 Å². The van der Waals surface area contributed by atoms with Gasteiger partial charge in [0.1, 0.15) is 5.82 Å². The van der Waals surface area contributed by atoms with E-state index in [1.165, 1.54) is 0 Å². The summed E-state index contributed by atoms with van der Waals surface area (Å²) in [5.41, 5.74) is 3.10. The fourth-order valence-corrected chi connectivity index (χ4v) is 2.99. The second kappa shape index (κ2) is 6.38. The van der Waals surface area contributed by atoms with E-state index in [2.05, 4.69) is 41.8 Å². The van der Waals surface area contributed by atoms with Crippen molar-refractivity contribution < 1.29 is 4.79 Å². The first-order valence-corrected chi connectivity index (χ1v) is 8.59. The Balaban J connectivity index is 1.60. The number of imidazole rings is 1. The molecule has 3 heterocycles. The number of carbonyl (C=O) groups excluding carboxylic acids is 1. The fourth-order valence-electron chi connectivity index (χ4n) is 2.99. The molecule has 0 saturated carbocycles. The maximum Gasteiger partial charge on any atom is 0.224 e. The van der Waals surface area contributed by atoms with Crippen LogP contribution in [0.4, 0.5) is 0 Å². The molecule has 1 N–H and O–H groups in total. The molecule has 1 atom stereocenters. The van der Waals surface area contributed by atoms with Crippen molar-refractivity contribution in [2.24, 2.45) is 0 Å². The van der Waals surface area contributed by atoms with Gasteiger partial charge in [-0.1, -0.05) is 26.8 Å². The Hall–Kier alpha value is -2.17. The van der Waals surface area contributed by atoms with Gasteiger partial charge < -0.3 is 9.88 Å². The van der Waals surface area contributed by atoms with E-state index < -0.39 is 0 Å². The lowest BCUT2D eigenvalue weighted by Gasteiger charge is -2.24. The van der Waals surface area contributed by atoms with Crippen LogP contribution in [0, 0.1) is 6.92 Å². The van der Waals surface area contributed by atoms with Crippen molar-refractivity contribution >= 4 is 5.91 Å². The highest BCUT2D eigenvalue weighted by molar-refractivity contribution is 5.78. The Morgan fingerprint density at radius 3 is 2.83 bits per heavy atom. The van der Waals surface area contributed by atoms with Gasteiger partial charge in [-0.3, -0.25) is 9.78 Å². The molecule has 0 bridgehead atoms. The second-order valence-corrected chi connectivity index (χ2v) is 7.73. The van der Waals surface area contributed by atoms with Gasteiger partial charge >= 0.3 is 0 Å². The largest absolute Gasteiger partial charge is 0.351 e. The van der Waals surface area contributed by atoms with Crippen LogP contribution in [-0.4, -0.2) is 26.5 Å². The first-order chi connectivity index (χ1) is 11.3. The Kier molecular flexibility index (Phi) is 4.43. The number of pyridine rings is 1. The van der Waals surface area contributed by atoms with Crippen LogP contribution in [0.2, 0.25) is 0 Å². The molecule has 0 aromatic carbocycles. The normalized spacial score (nSPS) is 17.4. The summed E-state index contributed by atoms with van der Waals surface area (Å²) >= 11 is 0. The zero-order valence-corrected chi connectivity index (χ0v) is 15.0. The molecule has 0 aliphatic carbocycles. The van der Waals surface area contributed by atoms with Gasteiger partial charge in [0.25, 0.3) is 0 Å². The van der Waals surface area contributed by atoms with Crippen LogP contribution in [0.1, 0.15) is 50.0 Å². The molecule has 0 spiro atoms. The summed E-state index contributed by atoms with van der Waals surface area (Å²) in [6.07, 6.45) is 6.15. The van der Waals surface area contributed by atoms with E-state index in [0.29, 0.717) is 6.42 Å². The number of hydrogen-bond donors (Lipinski definition) is 1. The number of hydrogen-bond acceptors (Lipinski definition) is 3. The number of fused-ring (bicyclic) bond motifs is 1. The molecule has 5 heteroatoms. The number of carbonyl (C=O) groups is 1. The summed E-state index contributed by atoms with van der Waals surface area (Å²) in [6.45, 7) is 9.28. The number of amides is 1.